The van der Waals surface area contributed by atoms with Crippen LogP contribution in [0.3, 0.4) is 0 Å². The van der Waals surface area contributed by atoms with Crippen molar-refractivity contribution >= 4 is 29.8 Å². The first-order valence-electron chi connectivity index (χ1n) is 6.46. The van der Waals surface area contributed by atoms with Gasteiger partial charge in [-0.25, -0.2) is 9.59 Å². The van der Waals surface area contributed by atoms with Crippen molar-refractivity contribution in [3.63, 3.8) is 0 Å². The molecule has 0 radical (unpaired) electrons. The van der Waals surface area contributed by atoms with Crippen LogP contribution in [0.15, 0.2) is 36.4 Å². The minimum absolute atomic E-state index is 0.427. The van der Waals surface area contributed by atoms with E-state index in [0.717, 1.165) is 6.08 Å². The minimum atomic E-state index is -3.89. The zero-order valence-corrected chi connectivity index (χ0v) is 12.1. The molecule has 0 fully saturated rings. The van der Waals surface area contributed by atoms with Crippen LogP contribution in [0.4, 0.5) is 0 Å². The van der Waals surface area contributed by atoms with Crippen LogP contribution in [0.2, 0.25) is 0 Å². The van der Waals surface area contributed by atoms with Gasteiger partial charge < -0.3 is 25.5 Å². The van der Waals surface area contributed by atoms with Crippen molar-refractivity contribution < 1.29 is 44.7 Å². The highest BCUT2D eigenvalue weighted by molar-refractivity contribution is 6.17. The summed E-state index contributed by atoms with van der Waals surface area (Å²) in [6.07, 6.45) is -0.0610. The summed E-state index contributed by atoms with van der Waals surface area (Å²) >= 11 is 0. The third-order valence-electron chi connectivity index (χ3n) is 3.25. The number of carbonyl (C=O) groups excluding carboxylic acids is 1. The SMILES string of the molecule is O=C(O)CC(O)(C(=O)O)C(O)(C(=O)O)C(=O)C=Cc1ccccc1. The van der Waals surface area contributed by atoms with E-state index >= 15 is 0 Å². The number of aliphatic carboxylic acids is 3. The Morgan fingerprint density at radius 3 is 1.88 bits per heavy atom. The van der Waals surface area contributed by atoms with E-state index in [2.05, 4.69) is 0 Å². The maximum absolute atomic E-state index is 12.1. The standard InChI is InChI=1S/C15H14O9/c16-10(7-6-9-4-2-1-3-5-9)15(24,13(21)22)14(23,12(19)20)8-11(17)18/h1-7,23-24H,8H2,(H,17,18)(H,19,20)(H,21,22). The number of carboxylic acids is 3. The first kappa shape index (κ1) is 19.0. The Hall–Kier alpha value is -3.04. The normalized spacial score (nSPS) is 16.1. The van der Waals surface area contributed by atoms with Crippen molar-refractivity contribution in [1.82, 2.24) is 0 Å². The van der Waals surface area contributed by atoms with Crippen LogP contribution in [-0.2, 0) is 19.2 Å². The van der Waals surface area contributed by atoms with Crippen LogP contribution in [0, 0.1) is 0 Å². The third kappa shape index (κ3) is 3.47. The first-order chi connectivity index (χ1) is 11.1. The maximum Gasteiger partial charge on any atom is 0.347 e. The fraction of sp³-hybridized carbons (Fsp3) is 0.200. The molecule has 1 aromatic rings. The number of benzene rings is 1. The molecule has 9 heteroatoms. The predicted octanol–water partition coefficient (Wildman–Crippen LogP) is -0.625. The van der Waals surface area contributed by atoms with Crippen LogP contribution >= 0.6 is 0 Å². The van der Waals surface area contributed by atoms with E-state index in [0.29, 0.717) is 11.6 Å². The van der Waals surface area contributed by atoms with Crippen molar-refractivity contribution in [3.8, 4) is 0 Å². The monoisotopic (exact) mass is 338 g/mol. The smallest absolute Gasteiger partial charge is 0.347 e. The predicted molar refractivity (Wildman–Crippen MR) is 77.9 cm³/mol. The summed E-state index contributed by atoms with van der Waals surface area (Å²) in [6.45, 7) is 0. The summed E-state index contributed by atoms with van der Waals surface area (Å²) < 4.78 is 0. The number of aliphatic hydroxyl groups is 2. The Balaban J connectivity index is 3.34. The number of carboxylic acid groups (broad SMARTS) is 3. The Morgan fingerprint density at radius 1 is 0.917 bits per heavy atom. The van der Waals surface area contributed by atoms with Crippen LogP contribution in [0.1, 0.15) is 12.0 Å². The van der Waals surface area contributed by atoms with Crippen molar-refractivity contribution in [2.75, 3.05) is 0 Å². The van der Waals surface area contributed by atoms with Crippen molar-refractivity contribution in [1.29, 1.82) is 0 Å². The molecular formula is C15H14O9. The van der Waals surface area contributed by atoms with Crippen LogP contribution in [0.5, 0.6) is 0 Å². The van der Waals surface area contributed by atoms with E-state index in [9.17, 15) is 29.4 Å². The first-order valence-corrected chi connectivity index (χ1v) is 6.46. The molecule has 24 heavy (non-hydrogen) atoms. The van der Waals surface area contributed by atoms with E-state index in [-0.39, 0.29) is 0 Å². The van der Waals surface area contributed by atoms with Gasteiger partial charge in [0, 0.05) is 0 Å². The highest BCUT2D eigenvalue weighted by atomic mass is 16.5. The molecule has 0 heterocycles. The minimum Gasteiger partial charge on any atom is -0.481 e. The van der Waals surface area contributed by atoms with Gasteiger partial charge in [-0.1, -0.05) is 36.4 Å². The molecule has 9 nitrogen and oxygen atoms in total. The lowest BCUT2D eigenvalue weighted by Crippen LogP contribution is -2.68. The molecule has 1 aromatic carbocycles. The van der Waals surface area contributed by atoms with E-state index in [1.54, 1.807) is 18.2 Å². The van der Waals surface area contributed by atoms with Crippen LogP contribution in [-0.4, -0.2) is 60.4 Å². The van der Waals surface area contributed by atoms with E-state index in [4.69, 9.17) is 15.3 Å². The molecule has 0 saturated heterocycles. The van der Waals surface area contributed by atoms with Crippen molar-refractivity contribution in [3.05, 3.63) is 42.0 Å². The lowest BCUT2D eigenvalue weighted by atomic mass is 9.76. The van der Waals surface area contributed by atoms with Gasteiger partial charge in [-0.15, -0.1) is 0 Å². The fourth-order valence-electron chi connectivity index (χ4n) is 1.92. The Labute approximate surface area is 135 Å². The maximum atomic E-state index is 12.1. The second-order valence-electron chi connectivity index (χ2n) is 4.86. The summed E-state index contributed by atoms with van der Waals surface area (Å²) in [5.41, 5.74) is -7.22. The average molecular weight is 338 g/mol. The molecule has 0 aromatic heterocycles. The average Bonchev–Trinajstić information content (AvgIpc) is 2.51. The largest absolute Gasteiger partial charge is 0.481 e. The molecule has 0 spiro atoms. The topological polar surface area (TPSA) is 169 Å². The van der Waals surface area contributed by atoms with E-state index in [1.165, 1.54) is 12.1 Å². The van der Waals surface area contributed by atoms with E-state index < -0.39 is 41.3 Å². The lowest BCUT2D eigenvalue weighted by Gasteiger charge is -2.33. The number of hydrogen-bond donors (Lipinski definition) is 5. The van der Waals surface area contributed by atoms with E-state index in [1.807, 2.05) is 0 Å². The lowest BCUT2D eigenvalue weighted by molar-refractivity contribution is -0.208. The summed E-state index contributed by atoms with van der Waals surface area (Å²) in [7, 11) is 0. The van der Waals surface area contributed by atoms with Crippen LogP contribution in [0.25, 0.3) is 6.08 Å². The fourth-order valence-corrected chi connectivity index (χ4v) is 1.92. The van der Waals surface area contributed by atoms with Crippen molar-refractivity contribution in [2.24, 2.45) is 0 Å². The third-order valence-corrected chi connectivity index (χ3v) is 3.25. The van der Waals surface area contributed by atoms with Gasteiger partial charge in [0.05, 0.1) is 6.42 Å². The number of ketones is 1. The van der Waals surface area contributed by atoms with Gasteiger partial charge in [-0.3, -0.25) is 9.59 Å². The molecule has 5 N–H and O–H groups in total. The van der Waals surface area contributed by atoms with Gasteiger partial charge in [-0.2, -0.15) is 0 Å². The summed E-state index contributed by atoms with van der Waals surface area (Å²) in [6, 6.07) is 7.94. The molecule has 128 valence electrons. The number of carbonyl (C=O) groups is 4. The molecule has 0 amide bonds. The molecule has 0 bridgehead atoms. The Bertz CT molecular complexity index is 694. The number of rotatable bonds is 8. The molecular weight excluding hydrogens is 324 g/mol. The molecule has 1 rings (SSSR count). The zero-order valence-electron chi connectivity index (χ0n) is 12.1. The summed E-state index contributed by atoms with van der Waals surface area (Å²) in [4.78, 5) is 45.3. The molecule has 2 unspecified atom stereocenters. The molecule has 0 saturated carbocycles. The molecule has 0 aliphatic carbocycles. The second-order valence-corrected chi connectivity index (χ2v) is 4.86. The van der Waals surface area contributed by atoms with Gasteiger partial charge in [0.15, 0.2) is 0 Å². The molecule has 0 aliphatic rings. The number of hydrogen-bond acceptors (Lipinski definition) is 6. The van der Waals surface area contributed by atoms with Gasteiger partial charge in [-0.05, 0) is 11.6 Å². The quantitative estimate of drug-likeness (QED) is 0.306. The summed E-state index contributed by atoms with van der Waals surface area (Å²) in [5.74, 6) is -8.36. The highest BCUT2D eigenvalue weighted by Crippen LogP contribution is 2.29. The van der Waals surface area contributed by atoms with Crippen molar-refractivity contribution in [2.45, 2.75) is 17.6 Å². The zero-order chi connectivity index (χ0) is 18.5. The van der Waals surface area contributed by atoms with Gasteiger partial charge in [0.1, 0.15) is 0 Å². The van der Waals surface area contributed by atoms with Crippen LogP contribution < -0.4 is 0 Å². The van der Waals surface area contributed by atoms with Gasteiger partial charge in [0.25, 0.3) is 5.60 Å². The molecule has 2 atom stereocenters. The van der Waals surface area contributed by atoms with Gasteiger partial charge >= 0.3 is 17.9 Å². The Kier molecular flexibility index (Phi) is 5.56. The Morgan fingerprint density at radius 2 is 1.46 bits per heavy atom. The second kappa shape index (κ2) is 7.02. The summed E-state index contributed by atoms with van der Waals surface area (Å²) in [5, 5.41) is 46.8. The molecule has 0 aliphatic heterocycles. The highest BCUT2D eigenvalue weighted by Gasteiger charge is 2.65. The van der Waals surface area contributed by atoms with Gasteiger partial charge in [0.2, 0.25) is 11.4 Å².